The summed E-state index contributed by atoms with van der Waals surface area (Å²) in [6.07, 6.45) is 2.38. The molecule has 1 aliphatic carbocycles. The summed E-state index contributed by atoms with van der Waals surface area (Å²) >= 11 is 0. The first-order valence-electron chi connectivity index (χ1n) is 4.61. The van der Waals surface area contributed by atoms with E-state index in [2.05, 4.69) is 5.32 Å². The quantitative estimate of drug-likeness (QED) is 0.645. The highest BCUT2D eigenvalue weighted by Crippen LogP contribution is 2.39. The first-order valence-corrected chi connectivity index (χ1v) is 4.61. The Morgan fingerprint density at radius 2 is 1.85 bits per heavy atom. The predicted molar refractivity (Wildman–Crippen MR) is 51.8 cm³/mol. The lowest BCUT2D eigenvalue weighted by Crippen LogP contribution is -2.42. The van der Waals surface area contributed by atoms with Crippen molar-refractivity contribution >= 4 is 18.4 Å². The Morgan fingerprint density at radius 3 is 2.31 bits per heavy atom. The monoisotopic (exact) mass is 205 g/mol. The molecule has 0 aromatic rings. The highest BCUT2D eigenvalue weighted by Gasteiger charge is 2.43. The molecule has 3 nitrogen and oxygen atoms in total. The van der Waals surface area contributed by atoms with Crippen LogP contribution in [0.25, 0.3) is 0 Å². The number of carbonyl (C=O) groups is 1. The number of hydrogen-bond donors (Lipinski definition) is 1. The van der Waals surface area contributed by atoms with E-state index >= 15 is 0 Å². The fourth-order valence-corrected chi connectivity index (χ4v) is 2.61. The van der Waals surface area contributed by atoms with Crippen LogP contribution < -0.4 is 5.32 Å². The molecule has 1 saturated carbocycles. The molecule has 13 heavy (non-hydrogen) atoms. The molecule has 2 rings (SSSR count). The van der Waals surface area contributed by atoms with Crippen molar-refractivity contribution in [2.45, 2.75) is 12.8 Å². The van der Waals surface area contributed by atoms with Crippen molar-refractivity contribution in [2.75, 3.05) is 20.2 Å². The molecule has 2 bridgehead atoms. The second-order valence-electron chi connectivity index (χ2n) is 3.80. The number of nitrogens with one attached hydrogen (secondary N) is 1. The van der Waals surface area contributed by atoms with Gasteiger partial charge in [0.25, 0.3) is 0 Å². The zero-order valence-corrected chi connectivity index (χ0v) is 8.60. The van der Waals surface area contributed by atoms with E-state index in [4.69, 9.17) is 4.74 Å². The molecule has 1 N–H and O–H groups in total. The second kappa shape index (κ2) is 4.29. The van der Waals surface area contributed by atoms with Crippen molar-refractivity contribution in [1.29, 1.82) is 0 Å². The van der Waals surface area contributed by atoms with E-state index < -0.39 is 0 Å². The minimum atomic E-state index is 0. The third-order valence-electron chi connectivity index (χ3n) is 3.21. The van der Waals surface area contributed by atoms with Gasteiger partial charge in [0.15, 0.2) is 0 Å². The van der Waals surface area contributed by atoms with E-state index in [0.717, 1.165) is 13.1 Å². The van der Waals surface area contributed by atoms with E-state index in [1.165, 1.54) is 20.0 Å². The van der Waals surface area contributed by atoms with Crippen LogP contribution in [0.4, 0.5) is 0 Å². The molecule has 0 radical (unpaired) electrons. The van der Waals surface area contributed by atoms with Crippen molar-refractivity contribution in [2.24, 2.45) is 17.8 Å². The zero-order valence-electron chi connectivity index (χ0n) is 7.79. The maximum atomic E-state index is 11.4. The van der Waals surface area contributed by atoms with E-state index in [-0.39, 0.29) is 24.3 Å². The Hall–Kier alpha value is -0.280. The molecule has 0 spiro atoms. The van der Waals surface area contributed by atoms with Crippen LogP contribution in [-0.4, -0.2) is 26.2 Å². The molecule has 2 atom stereocenters. The summed E-state index contributed by atoms with van der Waals surface area (Å²) in [5, 5.41) is 3.35. The Labute approximate surface area is 84.6 Å². The topological polar surface area (TPSA) is 38.3 Å². The van der Waals surface area contributed by atoms with Crippen LogP contribution in [0.3, 0.4) is 0 Å². The van der Waals surface area contributed by atoms with Crippen molar-refractivity contribution in [3.8, 4) is 0 Å². The SMILES string of the molecule is COC(=O)C1C2CCC1CNC2.Cl. The number of methoxy groups -OCH3 is 1. The molecule has 2 aliphatic rings. The molecular weight excluding hydrogens is 190 g/mol. The fourth-order valence-electron chi connectivity index (χ4n) is 2.61. The van der Waals surface area contributed by atoms with Gasteiger partial charge in [0.05, 0.1) is 13.0 Å². The highest BCUT2D eigenvalue weighted by molar-refractivity contribution is 5.85. The van der Waals surface area contributed by atoms with Crippen LogP contribution in [0, 0.1) is 17.8 Å². The fraction of sp³-hybridized carbons (Fsp3) is 0.889. The standard InChI is InChI=1S/C9H15NO2.ClH/c1-12-9(11)8-6-2-3-7(8)5-10-4-6;/h6-8,10H,2-5H2,1H3;1H. The first kappa shape index (κ1) is 10.8. The highest BCUT2D eigenvalue weighted by atomic mass is 35.5. The minimum Gasteiger partial charge on any atom is -0.469 e. The van der Waals surface area contributed by atoms with Gasteiger partial charge in [-0.15, -0.1) is 12.4 Å². The molecule has 4 heteroatoms. The average Bonchev–Trinajstić information content (AvgIpc) is 2.35. The summed E-state index contributed by atoms with van der Waals surface area (Å²) in [6.45, 7) is 1.99. The van der Waals surface area contributed by atoms with Gasteiger partial charge in [0.2, 0.25) is 0 Å². The number of rotatable bonds is 1. The lowest BCUT2D eigenvalue weighted by atomic mass is 9.86. The third-order valence-corrected chi connectivity index (χ3v) is 3.21. The van der Waals surface area contributed by atoms with Gasteiger partial charge in [-0.3, -0.25) is 4.79 Å². The number of esters is 1. The molecule has 1 heterocycles. The maximum Gasteiger partial charge on any atom is 0.309 e. The summed E-state index contributed by atoms with van der Waals surface area (Å²) in [5.74, 6) is 1.27. The van der Waals surface area contributed by atoms with Gasteiger partial charge in [-0.1, -0.05) is 0 Å². The number of carbonyl (C=O) groups excluding carboxylic acids is 1. The van der Waals surface area contributed by atoms with Gasteiger partial charge in [-0.2, -0.15) is 0 Å². The van der Waals surface area contributed by atoms with Crippen LogP contribution in [0.15, 0.2) is 0 Å². The van der Waals surface area contributed by atoms with Crippen LogP contribution in [0.1, 0.15) is 12.8 Å². The summed E-state index contributed by atoms with van der Waals surface area (Å²) in [4.78, 5) is 11.4. The predicted octanol–water partition coefficient (Wildman–Crippen LogP) is 0.827. The summed E-state index contributed by atoms with van der Waals surface area (Å²) in [7, 11) is 1.49. The van der Waals surface area contributed by atoms with Crippen molar-refractivity contribution in [3.63, 3.8) is 0 Å². The number of ether oxygens (including phenoxy) is 1. The van der Waals surface area contributed by atoms with Crippen LogP contribution in [0.2, 0.25) is 0 Å². The summed E-state index contributed by atoms with van der Waals surface area (Å²) in [5.41, 5.74) is 0. The molecule has 0 amide bonds. The second-order valence-corrected chi connectivity index (χ2v) is 3.80. The number of hydrogen-bond acceptors (Lipinski definition) is 3. The van der Waals surface area contributed by atoms with Crippen molar-refractivity contribution in [3.05, 3.63) is 0 Å². The zero-order chi connectivity index (χ0) is 8.55. The van der Waals surface area contributed by atoms with Gasteiger partial charge in [-0.05, 0) is 37.8 Å². The molecular formula is C9H16ClNO2. The maximum absolute atomic E-state index is 11.4. The first-order chi connectivity index (χ1) is 5.83. The number of halogens is 1. The van der Waals surface area contributed by atoms with Gasteiger partial charge in [0.1, 0.15) is 0 Å². The number of fused-ring (bicyclic) bond motifs is 2. The van der Waals surface area contributed by atoms with E-state index in [1.807, 2.05) is 0 Å². The van der Waals surface area contributed by atoms with Crippen LogP contribution >= 0.6 is 12.4 Å². The smallest absolute Gasteiger partial charge is 0.309 e. The molecule has 76 valence electrons. The van der Waals surface area contributed by atoms with Crippen molar-refractivity contribution < 1.29 is 9.53 Å². The number of piperidine rings is 1. The van der Waals surface area contributed by atoms with Crippen LogP contribution in [0.5, 0.6) is 0 Å². The molecule has 2 fully saturated rings. The Morgan fingerprint density at radius 1 is 1.31 bits per heavy atom. The Kier molecular flexibility index (Phi) is 3.56. The van der Waals surface area contributed by atoms with Gasteiger partial charge in [-0.25, -0.2) is 0 Å². The normalized spacial score (nSPS) is 36.5. The van der Waals surface area contributed by atoms with E-state index in [1.54, 1.807) is 0 Å². The molecule has 0 aromatic carbocycles. The molecule has 1 aliphatic heterocycles. The lowest BCUT2D eigenvalue weighted by Gasteiger charge is -2.28. The Balaban J connectivity index is 0.000000845. The minimum absolute atomic E-state index is 0. The molecule has 1 saturated heterocycles. The van der Waals surface area contributed by atoms with Gasteiger partial charge in [0, 0.05) is 0 Å². The van der Waals surface area contributed by atoms with E-state index in [0.29, 0.717) is 11.8 Å². The third kappa shape index (κ3) is 1.81. The molecule has 2 unspecified atom stereocenters. The Bertz CT molecular complexity index is 182. The lowest BCUT2D eigenvalue weighted by molar-refractivity contribution is -0.148. The largest absolute Gasteiger partial charge is 0.469 e. The van der Waals surface area contributed by atoms with E-state index in [9.17, 15) is 4.79 Å². The molecule has 0 aromatic heterocycles. The van der Waals surface area contributed by atoms with Gasteiger partial charge < -0.3 is 10.1 Å². The van der Waals surface area contributed by atoms with Crippen LogP contribution in [-0.2, 0) is 9.53 Å². The summed E-state index contributed by atoms with van der Waals surface area (Å²) < 4.78 is 4.80. The summed E-state index contributed by atoms with van der Waals surface area (Å²) in [6, 6.07) is 0. The average molecular weight is 206 g/mol. The van der Waals surface area contributed by atoms with Gasteiger partial charge >= 0.3 is 5.97 Å². The van der Waals surface area contributed by atoms with Crippen molar-refractivity contribution in [1.82, 2.24) is 5.32 Å².